The molecule has 5 rings (SSSR count). The van der Waals surface area contributed by atoms with E-state index in [2.05, 4.69) is 28.1 Å². The van der Waals surface area contributed by atoms with Gasteiger partial charge in [0.2, 0.25) is 15.9 Å². The van der Waals surface area contributed by atoms with Crippen LogP contribution < -0.4 is 5.32 Å². The highest BCUT2D eigenvalue weighted by Crippen LogP contribution is 2.29. The van der Waals surface area contributed by atoms with Gasteiger partial charge >= 0.3 is 0 Å². The van der Waals surface area contributed by atoms with E-state index < -0.39 is 10.0 Å². The third-order valence-corrected chi connectivity index (χ3v) is 8.90. The maximum absolute atomic E-state index is 13.1. The van der Waals surface area contributed by atoms with Crippen molar-refractivity contribution >= 4 is 27.0 Å². The first-order valence-electron chi connectivity index (χ1n) is 12.4. The van der Waals surface area contributed by atoms with E-state index in [0.717, 1.165) is 30.6 Å². The van der Waals surface area contributed by atoms with Crippen LogP contribution in [0.15, 0.2) is 47.4 Å². The topological polar surface area (TPSA) is 93.5 Å². The number of amides is 1. The molecule has 1 aliphatic carbocycles. The maximum atomic E-state index is 13.1. The van der Waals surface area contributed by atoms with Crippen molar-refractivity contribution in [2.75, 3.05) is 26.3 Å². The zero-order valence-electron chi connectivity index (χ0n) is 20.1. The number of rotatable bonds is 7. The van der Waals surface area contributed by atoms with Crippen LogP contribution >= 0.6 is 0 Å². The van der Waals surface area contributed by atoms with Crippen molar-refractivity contribution in [3.8, 4) is 0 Å². The standard InChI is InChI=1S/C26H32N4O4S/c1-2-30-24-11-10-20(35(32,33)29-14-16-34-17-15-29)18-23(24)27-25(30)12-13-26(31)28-22-9-5-7-19-6-3-4-8-21(19)22/h3-4,6,8,10-11,18,22H,2,5,7,9,12-17H2,1H3,(H,28,31). The average Bonchev–Trinajstić information content (AvgIpc) is 3.25. The van der Waals surface area contributed by atoms with Crippen LogP contribution in [0.3, 0.4) is 0 Å². The molecule has 1 aromatic heterocycles. The van der Waals surface area contributed by atoms with Crippen molar-refractivity contribution in [1.29, 1.82) is 0 Å². The summed E-state index contributed by atoms with van der Waals surface area (Å²) in [6.45, 7) is 4.25. The Hall–Kier alpha value is -2.75. The predicted molar refractivity (Wildman–Crippen MR) is 134 cm³/mol. The lowest BCUT2D eigenvalue weighted by Crippen LogP contribution is -2.40. The number of hydrogen-bond acceptors (Lipinski definition) is 5. The van der Waals surface area contributed by atoms with Gasteiger partial charge in [-0.05, 0) is 55.5 Å². The first-order chi connectivity index (χ1) is 17.0. The zero-order chi connectivity index (χ0) is 24.4. The molecule has 1 saturated heterocycles. The molecule has 0 spiro atoms. The summed E-state index contributed by atoms with van der Waals surface area (Å²) in [6.07, 6.45) is 3.92. The van der Waals surface area contributed by atoms with Gasteiger partial charge in [0.05, 0.1) is 35.2 Å². The summed E-state index contributed by atoms with van der Waals surface area (Å²) in [4.78, 5) is 17.8. The van der Waals surface area contributed by atoms with Crippen molar-refractivity contribution in [3.63, 3.8) is 0 Å². The van der Waals surface area contributed by atoms with Gasteiger partial charge < -0.3 is 14.6 Å². The molecule has 1 atom stereocenters. The number of carbonyl (C=O) groups is 1. The minimum Gasteiger partial charge on any atom is -0.379 e. The summed E-state index contributed by atoms with van der Waals surface area (Å²) in [7, 11) is -3.59. The number of carbonyl (C=O) groups excluding carboxylic acids is 1. The lowest BCUT2D eigenvalue weighted by atomic mass is 9.87. The van der Waals surface area contributed by atoms with Crippen molar-refractivity contribution in [3.05, 3.63) is 59.4 Å². The molecule has 1 N–H and O–H groups in total. The fourth-order valence-electron chi connectivity index (χ4n) is 5.20. The highest BCUT2D eigenvalue weighted by Gasteiger charge is 2.27. The van der Waals surface area contributed by atoms with Crippen LogP contribution in [0.5, 0.6) is 0 Å². The summed E-state index contributed by atoms with van der Waals surface area (Å²) >= 11 is 0. The molecule has 0 saturated carbocycles. The van der Waals surface area contributed by atoms with E-state index in [-0.39, 0.29) is 16.8 Å². The smallest absolute Gasteiger partial charge is 0.243 e. The van der Waals surface area contributed by atoms with Gasteiger partial charge in [-0.1, -0.05) is 24.3 Å². The molecule has 186 valence electrons. The van der Waals surface area contributed by atoms with Gasteiger partial charge in [0.25, 0.3) is 0 Å². The van der Waals surface area contributed by atoms with E-state index in [0.29, 0.717) is 51.2 Å². The third-order valence-electron chi connectivity index (χ3n) is 7.00. The van der Waals surface area contributed by atoms with Crippen molar-refractivity contribution in [2.45, 2.75) is 56.5 Å². The molecule has 1 unspecified atom stereocenters. The van der Waals surface area contributed by atoms with Crippen LogP contribution in [-0.4, -0.2) is 54.5 Å². The first kappa shape index (κ1) is 24.0. The fraction of sp³-hybridized carbons (Fsp3) is 0.462. The van der Waals surface area contributed by atoms with E-state index in [9.17, 15) is 13.2 Å². The van der Waals surface area contributed by atoms with Gasteiger partial charge in [0.1, 0.15) is 5.82 Å². The van der Waals surface area contributed by atoms with Crippen LogP contribution in [0.2, 0.25) is 0 Å². The summed E-state index contributed by atoms with van der Waals surface area (Å²) in [5, 5.41) is 3.21. The third kappa shape index (κ3) is 4.85. The lowest BCUT2D eigenvalue weighted by Gasteiger charge is -2.26. The number of benzene rings is 2. The molecular weight excluding hydrogens is 464 g/mol. The van der Waals surface area contributed by atoms with Crippen molar-refractivity contribution < 1.29 is 17.9 Å². The van der Waals surface area contributed by atoms with Gasteiger partial charge in [0.15, 0.2) is 0 Å². The Morgan fingerprint density at radius 1 is 1.17 bits per heavy atom. The number of sulfonamides is 1. The van der Waals surface area contributed by atoms with Crippen LogP contribution in [-0.2, 0) is 38.9 Å². The normalized spacial score (nSPS) is 18.9. The highest BCUT2D eigenvalue weighted by molar-refractivity contribution is 7.89. The number of hydrogen-bond donors (Lipinski definition) is 1. The minimum absolute atomic E-state index is 0.0111. The predicted octanol–water partition coefficient (Wildman–Crippen LogP) is 3.20. The van der Waals surface area contributed by atoms with Gasteiger partial charge in [0, 0.05) is 32.5 Å². The van der Waals surface area contributed by atoms with Crippen LogP contribution in [0.1, 0.15) is 49.2 Å². The Labute approximate surface area is 206 Å². The molecule has 0 radical (unpaired) electrons. The van der Waals surface area contributed by atoms with E-state index >= 15 is 0 Å². The summed E-state index contributed by atoms with van der Waals surface area (Å²) in [5.41, 5.74) is 4.06. The average molecular weight is 497 g/mol. The Morgan fingerprint density at radius 2 is 1.97 bits per heavy atom. The van der Waals surface area contributed by atoms with Crippen molar-refractivity contribution in [2.24, 2.45) is 0 Å². The molecule has 2 heterocycles. The Morgan fingerprint density at radius 3 is 2.77 bits per heavy atom. The molecule has 35 heavy (non-hydrogen) atoms. The quantitative estimate of drug-likeness (QED) is 0.542. The molecule has 1 amide bonds. The van der Waals surface area contributed by atoms with Gasteiger partial charge in [-0.2, -0.15) is 4.31 Å². The van der Waals surface area contributed by atoms with E-state index in [1.807, 2.05) is 19.1 Å². The number of nitrogens with one attached hydrogen (secondary N) is 1. The van der Waals surface area contributed by atoms with Gasteiger partial charge in [-0.15, -0.1) is 0 Å². The number of nitrogens with zero attached hydrogens (tertiary/aromatic N) is 3. The first-order valence-corrected chi connectivity index (χ1v) is 13.9. The van der Waals surface area contributed by atoms with Crippen molar-refractivity contribution in [1.82, 2.24) is 19.2 Å². The zero-order valence-corrected chi connectivity index (χ0v) is 20.9. The van der Waals surface area contributed by atoms with Crippen LogP contribution in [0.4, 0.5) is 0 Å². The number of aryl methyl sites for hydroxylation is 3. The number of imidazole rings is 1. The highest BCUT2D eigenvalue weighted by atomic mass is 32.2. The largest absolute Gasteiger partial charge is 0.379 e. The van der Waals surface area contributed by atoms with Gasteiger partial charge in [-0.25, -0.2) is 13.4 Å². The van der Waals surface area contributed by atoms with E-state index in [1.165, 1.54) is 15.4 Å². The number of aromatic nitrogens is 2. The molecule has 2 aliphatic rings. The Kier molecular flexibility index (Phi) is 6.91. The number of morpholine rings is 1. The van der Waals surface area contributed by atoms with E-state index in [1.54, 1.807) is 12.1 Å². The maximum Gasteiger partial charge on any atom is 0.243 e. The molecular formula is C26H32N4O4S. The molecule has 0 bridgehead atoms. The number of fused-ring (bicyclic) bond motifs is 2. The summed E-state index contributed by atoms with van der Waals surface area (Å²) in [5.74, 6) is 0.805. The molecule has 9 heteroatoms. The Bertz CT molecular complexity index is 1330. The minimum atomic E-state index is -3.59. The fourth-order valence-corrected chi connectivity index (χ4v) is 6.62. The van der Waals surface area contributed by atoms with E-state index in [4.69, 9.17) is 9.72 Å². The second-order valence-electron chi connectivity index (χ2n) is 9.15. The molecule has 2 aromatic carbocycles. The van der Waals surface area contributed by atoms with Crippen LogP contribution in [0.25, 0.3) is 11.0 Å². The van der Waals surface area contributed by atoms with Crippen LogP contribution in [0, 0.1) is 0 Å². The number of ether oxygens (including phenoxy) is 1. The Balaban J connectivity index is 1.31. The summed E-state index contributed by atoms with van der Waals surface area (Å²) in [6, 6.07) is 13.5. The monoisotopic (exact) mass is 496 g/mol. The SMILES string of the molecule is CCn1c(CCC(=O)NC2CCCc3ccccc32)nc2cc(S(=O)(=O)N3CCOCC3)ccc21. The van der Waals surface area contributed by atoms with Gasteiger partial charge in [-0.3, -0.25) is 4.79 Å². The second kappa shape index (κ2) is 10.1. The lowest BCUT2D eigenvalue weighted by molar-refractivity contribution is -0.121. The summed E-state index contributed by atoms with van der Waals surface area (Å²) < 4.78 is 34.9. The molecule has 1 aliphatic heterocycles. The molecule has 3 aromatic rings. The molecule has 8 nitrogen and oxygen atoms in total. The molecule has 1 fully saturated rings. The second-order valence-corrected chi connectivity index (χ2v) is 11.1.